The Bertz CT molecular complexity index is 1460. The van der Waals surface area contributed by atoms with E-state index in [1.165, 1.54) is 18.2 Å². The number of hydrogen-bond acceptors (Lipinski definition) is 6. The third kappa shape index (κ3) is 3.93. The van der Waals surface area contributed by atoms with Gasteiger partial charge in [0.05, 0.1) is 29.2 Å². The Kier molecular flexibility index (Phi) is 5.98. The molecule has 37 heavy (non-hydrogen) atoms. The average Bonchev–Trinajstić information content (AvgIpc) is 3.36. The van der Waals surface area contributed by atoms with Crippen molar-refractivity contribution in [2.75, 3.05) is 4.90 Å². The van der Waals surface area contributed by atoms with Gasteiger partial charge in [0, 0.05) is 17.5 Å². The lowest BCUT2D eigenvalue weighted by Crippen LogP contribution is -2.57. The van der Waals surface area contributed by atoms with Gasteiger partial charge in [-0.2, -0.15) is 5.26 Å². The zero-order valence-corrected chi connectivity index (χ0v) is 20.4. The number of amides is 2. The second kappa shape index (κ2) is 9.04. The van der Waals surface area contributed by atoms with Gasteiger partial charge >= 0.3 is 5.97 Å². The number of benzene rings is 3. The fourth-order valence-corrected chi connectivity index (χ4v) is 5.58. The first-order valence-electron chi connectivity index (χ1n) is 11.6. The van der Waals surface area contributed by atoms with Crippen LogP contribution in [0.25, 0.3) is 0 Å². The van der Waals surface area contributed by atoms with Crippen molar-refractivity contribution in [1.82, 2.24) is 5.32 Å². The van der Waals surface area contributed by atoms with Crippen LogP contribution < -0.4 is 10.2 Å². The Morgan fingerprint density at radius 2 is 1.76 bits per heavy atom. The Morgan fingerprint density at radius 3 is 2.35 bits per heavy atom. The number of aromatic hydroxyl groups is 1. The van der Waals surface area contributed by atoms with Crippen molar-refractivity contribution in [3.63, 3.8) is 0 Å². The van der Waals surface area contributed by atoms with Crippen LogP contribution in [0.4, 0.5) is 5.69 Å². The lowest BCUT2D eigenvalue weighted by Gasteiger charge is -2.31. The predicted octanol–water partition coefficient (Wildman–Crippen LogP) is 3.74. The normalized spacial score (nSPS) is 24.7. The number of halogens is 1. The number of aryl methyl sites for hydroxylation is 1. The second-order valence-corrected chi connectivity index (χ2v) is 9.83. The van der Waals surface area contributed by atoms with Crippen molar-refractivity contribution in [2.24, 2.45) is 11.8 Å². The summed E-state index contributed by atoms with van der Waals surface area (Å²) in [6.45, 7) is 1.80. The van der Waals surface area contributed by atoms with E-state index in [0.717, 1.165) is 10.5 Å². The molecule has 0 radical (unpaired) electrons. The minimum atomic E-state index is -1.81. The number of carbonyl (C=O) groups excluding carboxylic acids is 2. The van der Waals surface area contributed by atoms with E-state index in [1.807, 2.05) is 6.07 Å². The molecule has 2 amide bonds. The number of aliphatic carboxylic acids is 1. The van der Waals surface area contributed by atoms with Crippen LogP contribution in [-0.4, -0.2) is 33.5 Å². The summed E-state index contributed by atoms with van der Waals surface area (Å²) in [4.78, 5) is 41.7. The molecule has 2 fully saturated rings. The molecular formula is C28H22ClN3O5. The molecule has 0 aromatic heterocycles. The van der Waals surface area contributed by atoms with E-state index < -0.39 is 41.2 Å². The van der Waals surface area contributed by atoms with Crippen molar-refractivity contribution in [2.45, 2.75) is 24.9 Å². The minimum absolute atomic E-state index is 0.0235. The quantitative estimate of drug-likeness (QED) is 0.441. The second-order valence-electron chi connectivity index (χ2n) is 9.42. The molecule has 4 unspecified atom stereocenters. The van der Waals surface area contributed by atoms with Crippen LogP contribution in [0.3, 0.4) is 0 Å². The van der Waals surface area contributed by atoms with E-state index in [4.69, 9.17) is 11.6 Å². The molecular weight excluding hydrogens is 494 g/mol. The van der Waals surface area contributed by atoms with Gasteiger partial charge in [-0.3, -0.25) is 19.7 Å². The van der Waals surface area contributed by atoms with Crippen LogP contribution in [0, 0.1) is 30.1 Å². The molecule has 2 saturated heterocycles. The lowest BCUT2D eigenvalue weighted by atomic mass is 9.76. The molecule has 3 aromatic rings. The zero-order valence-electron chi connectivity index (χ0n) is 19.7. The summed E-state index contributed by atoms with van der Waals surface area (Å²) in [5, 5.41) is 32.9. The van der Waals surface area contributed by atoms with Crippen molar-refractivity contribution >= 4 is 35.1 Å². The Hall–Kier alpha value is -4.19. The molecule has 0 saturated carbocycles. The maximum absolute atomic E-state index is 13.9. The summed E-state index contributed by atoms with van der Waals surface area (Å²) in [5.41, 5.74) is 0.820. The number of rotatable bonds is 5. The Morgan fingerprint density at radius 1 is 1.08 bits per heavy atom. The smallest absolute Gasteiger partial charge is 0.325 e. The number of fused-ring (bicyclic) bond motifs is 1. The molecule has 8 nitrogen and oxygen atoms in total. The monoisotopic (exact) mass is 515 g/mol. The zero-order chi connectivity index (χ0) is 26.5. The molecule has 0 bridgehead atoms. The standard InChI is InChI=1S/C28H22ClN3O5/c1-15-2-9-19(12-21(15)29)32-25(34)22-23(26(32)35)28(27(36)37,13-16-5-10-20(33)11-6-16)31-24(22)18-7-3-17(14-30)4-8-18/h2-12,22-24,31,33H,13H2,1H3,(H,36,37). The molecule has 2 aliphatic rings. The highest BCUT2D eigenvalue weighted by atomic mass is 35.5. The highest BCUT2D eigenvalue weighted by Crippen LogP contribution is 2.51. The summed E-state index contributed by atoms with van der Waals surface area (Å²) in [6, 6.07) is 18.6. The molecule has 2 heterocycles. The predicted molar refractivity (Wildman–Crippen MR) is 135 cm³/mol. The van der Waals surface area contributed by atoms with Crippen LogP contribution in [0.5, 0.6) is 5.75 Å². The van der Waals surface area contributed by atoms with E-state index in [9.17, 15) is 29.9 Å². The van der Waals surface area contributed by atoms with Gasteiger partial charge in [0.2, 0.25) is 11.8 Å². The van der Waals surface area contributed by atoms with Gasteiger partial charge in [0.15, 0.2) is 0 Å². The van der Waals surface area contributed by atoms with Crippen LogP contribution in [0.15, 0.2) is 66.7 Å². The van der Waals surface area contributed by atoms with Crippen LogP contribution in [0.2, 0.25) is 5.02 Å². The number of nitrogens with one attached hydrogen (secondary N) is 1. The highest BCUT2D eigenvalue weighted by Gasteiger charge is 2.68. The molecule has 9 heteroatoms. The highest BCUT2D eigenvalue weighted by molar-refractivity contribution is 6.32. The molecule has 186 valence electrons. The number of anilines is 1. The summed E-state index contributed by atoms with van der Waals surface area (Å²) < 4.78 is 0. The SMILES string of the molecule is Cc1ccc(N2C(=O)C3C(c4ccc(C#N)cc4)NC(Cc4ccc(O)cc4)(C(=O)O)C3C2=O)cc1Cl. The summed E-state index contributed by atoms with van der Waals surface area (Å²) in [6.07, 6.45) is -0.0991. The van der Waals surface area contributed by atoms with Crippen molar-refractivity contribution in [3.8, 4) is 11.8 Å². The van der Waals surface area contributed by atoms with Gasteiger partial charge in [-0.25, -0.2) is 4.90 Å². The third-order valence-electron chi connectivity index (χ3n) is 7.27. The number of phenols is 1. The van der Waals surface area contributed by atoms with E-state index in [1.54, 1.807) is 55.5 Å². The van der Waals surface area contributed by atoms with E-state index >= 15 is 0 Å². The fourth-order valence-electron chi connectivity index (χ4n) is 5.40. The summed E-state index contributed by atoms with van der Waals surface area (Å²) >= 11 is 6.29. The molecule has 0 aliphatic carbocycles. The summed E-state index contributed by atoms with van der Waals surface area (Å²) in [5.74, 6) is -4.61. The lowest BCUT2D eigenvalue weighted by molar-refractivity contribution is -0.148. The van der Waals surface area contributed by atoms with Crippen LogP contribution in [-0.2, 0) is 20.8 Å². The van der Waals surface area contributed by atoms with Gasteiger partial charge in [-0.05, 0) is 60.0 Å². The number of hydrogen-bond donors (Lipinski definition) is 3. The van der Waals surface area contributed by atoms with E-state index in [0.29, 0.717) is 21.7 Å². The summed E-state index contributed by atoms with van der Waals surface area (Å²) in [7, 11) is 0. The first-order chi connectivity index (χ1) is 17.7. The Balaban J connectivity index is 1.65. The van der Waals surface area contributed by atoms with Crippen molar-refractivity contribution < 1.29 is 24.6 Å². The first-order valence-corrected chi connectivity index (χ1v) is 12.0. The number of imide groups is 1. The van der Waals surface area contributed by atoms with Gasteiger partial charge in [0.1, 0.15) is 11.3 Å². The van der Waals surface area contributed by atoms with Crippen molar-refractivity contribution in [1.29, 1.82) is 5.26 Å². The number of carboxylic acids is 1. The molecule has 0 spiro atoms. The first kappa shape index (κ1) is 24.5. The van der Waals surface area contributed by atoms with Crippen molar-refractivity contribution in [3.05, 3.63) is 94.0 Å². The Labute approximate surface area is 217 Å². The molecule has 3 aromatic carbocycles. The van der Waals surface area contributed by atoms with Gasteiger partial charge in [-0.15, -0.1) is 0 Å². The van der Waals surface area contributed by atoms with Gasteiger partial charge < -0.3 is 10.2 Å². The molecule has 2 aliphatic heterocycles. The van der Waals surface area contributed by atoms with Crippen LogP contribution >= 0.6 is 11.6 Å². The molecule has 3 N–H and O–H groups in total. The number of phenolic OH excluding ortho intramolecular Hbond substituents is 1. The van der Waals surface area contributed by atoms with Gasteiger partial charge in [0.25, 0.3) is 0 Å². The topological polar surface area (TPSA) is 131 Å². The minimum Gasteiger partial charge on any atom is -0.508 e. The number of nitrogens with zero attached hydrogens (tertiary/aromatic N) is 2. The number of nitriles is 1. The maximum atomic E-state index is 13.9. The fraction of sp³-hybridized carbons (Fsp3) is 0.214. The largest absolute Gasteiger partial charge is 0.508 e. The van der Waals surface area contributed by atoms with E-state index in [2.05, 4.69) is 5.32 Å². The molecule has 5 rings (SSSR count). The maximum Gasteiger partial charge on any atom is 0.325 e. The van der Waals surface area contributed by atoms with Gasteiger partial charge in [-0.1, -0.05) is 41.9 Å². The molecule has 4 atom stereocenters. The number of carboxylic acid groups (broad SMARTS) is 1. The average molecular weight is 516 g/mol. The number of carbonyl (C=O) groups is 3. The van der Waals surface area contributed by atoms with Crippen LogP contribution in [0.1, 0.15) is 28.3 Å². The third-order valence-corrected chi connectivity index (χ3v) is 7.67. The van der Waals surface area contributed by atoms with E-state index in [-0.39, 0.29) is 17.9 Å².